The number of hydrogen-bond donors (Lipinski definition) is 2. The normalized spacial score (nSPS) is 22.0. The molecule has 1 aromatic heterocycles. The van der Waals surface area contributed by atoms with Crippen LogP contribution in [0.3, 0.4) is 0 Å². The highest BCUT2D eigenvalue weighted by molar-refractivity contribution is 5.08. The van der Waals surface area contributed by atoms with Gasteiger partial charge < -0.3 is 10.3 Å². The van der Waals surface area contributed by atoms with Crippen LogP contribution in [0, 0.1) is 0 Å². The van der Waals surface area contributed by atoms with Crippen LogP contribution in [0.5, 0.6) is 0 Å². The zero-order valence-electron chi connectivity index (χ0n) is 6.38. The maximum atomic E-state index is 3.29. The first-order valence-electron chi connectivity index (χ1n) is 3.98. The van der Waals surface area contributed by atoms with Crippen molar-refractivity contribution in [1.82, 2.24) is 10.3 Å². The van der Waals surface area contributed by atoms with E-state index in [1.807, 2.05) is 18.5 Å². The van der Waals surface area contributed by atoms with Crippen molar-refractivity contribution in [2.45, 2.75) is 18.9 Å². The van der Waals surface area contributed by atoms with Crippen molar-refractivity contribution in [2.75, 3.05) is 0 Å². The molecule has 1 aromatic rings. The predicted molar refractivity (Wildman–Crippen MR) is 45.2 cm³/mol. The van der Waals surface area contributed by atoms with Crippen molar-refractivity contribution >= 4 is 0 Å². The minimum atomic E-state index is 0.605. The lowest BCUT2D eigenvalue weighted by atomic mass is 10.1. The maximum Gasteiger partial charge on any atom is 0.0345 e. The van der Waals surface area contributed by atoms with Crippen LogP contribution in [0.15, 0.2) is 30.6 Å². The summed E-state index contributed by atoms with van der Waals surface area (Å²) in [5.41, 5.74) is 1.31. The molecule has 0 saturated carbocycles. The van der Waals surface area contributed by atoms with Gasteiger partial charge >= 0.3 is 0 Å². The van der Waals surface area contributed by atoms with Crippen LogP contribution in [0.1, 0.15) is 12.1 Å². The summed E-state index contributed by atoms with van der Waals surface area (Å²) in [6.45, 7) is 0. The van der Waals surface area contributed by atoms with Crippen molar-refractivity contribution in [3.05, 3.63) is 36.3 Å². The van der Waals surface area contributed by atoms with Gasteiger partial charge in [-0.15, -0.1) is 0 Å². The van der Waals surface area contributed by atoms with E-state index in [1.165, 1.54) is 5.69 Å². The van der Waals surface area contributed by atoms with Crippen LogP contribution in [-0.4, -0.2) is 11.0 Å². The number of aromatic amines is 1. The highest BCUT2D eigenvalue weighted by Crippen LogP contribution is 2.07. The molecule has 0 spiro atoms. The van der Waals surface area contributed by atoms with Gasteiger partial charge in [0, 0.05) is 24.4 Å². The molecule has 1 atom stereocenters. The Bertz CT molecular complexity index is 228. The molecule has 1 aliphatic heterocycles. The zero-order chi connectivity index (χ0) is 7.52. The number of rotatable bonds is 2. The first-order valence-corrected chi connectivity index (χ1v) is 3.98. The third kappa shape index (κ3) is 1.45. The monoisotopic (exact) mass is 148 g/mol. The summed E-state index contributed by atoms with van der Waals surface area (Å²) in [6, 6.07) is 4.77. The topological polar surface area (TPSA) is 27.8 Å². The second-order valence-electron chi connectivity index (χ2n) is 2.90. The van der Waals surface area contributed by atoms with Crippen LogP contribution in [0.25, 0.3) is 0 Å². The van der Waals surface area contributed by atoms with Gasteiger partial charge in [0.1, 0.15) is 0 Å². The van der Waals surface area contributed by atoms with Gasteiger partial charge in [-0.1, -0.05) is 6.08 Å². The van der Waals surface area contributed by atoms with Gasteiger partial charge in [0.25, 0.3) is 0 Å². The standard InChI is InChI=1S/C9H12N2/c1-3-8(10-5-1)7-9-4-2-6-11-9/h1-3,5-6,9-11H,4,7H2. The molecule has 0 aliphatic carbocycles. The summed E-state index contributed by atoms with van der Waals surface area (Å²) in [5, 5.41) is 3.29. The van der Waals surface area contributed by atoms with Crippen LogP contribution in [0.2, 0.25) is 0 Å². The molecule has 58 valence electrons. The largest absolute Gasteiger partial charge is 0.388 e. The molecule has 1 aliphatic rings. The van der Waals surface area contributed by atoms with E-state index in [0.717, 1.165) is 12.8 Å². The summed E-state index contributed by atoms with van der Waals surface area (Å²) in [4.78, 5) is 3.20. The SMILES string of the molecule is C1=CNC(Cc2ccc[nH]2)C1. The van der Waals surface area contributed by atoms with Crippen molar-refractivity contribution in [1.29, 1.82) is 0 Å². The van der Waals surface area contributed by atoms with Gasteiger partial charge in [-0.25, -0.2) is 0 Å². The van der Waals surface area contributed by atoms with E-state index in [9.17, 15) is 0 Å². The van der Waals surface area contributed by atoms with Crippen molar-refractivity contribution in [3.8, 4) is 0 Å². The Morgan fingerprint density at radius 1 is 1.55 bits per heavy atom. The van der Waals surface area contributed by atoms with Crippen LogP contribution in [0.4, 0.5) is 0 Å². The average Bonchev–Trinajstić information content (AvgIpc) is 2.60. The Labute approximate surface area is 66.3 Å². The fraction of sp³-hybridized carbons (Fsp3) is 0.333. The van der Waals surface area contributed by atoms with E-state index in [4.69, 9.17) is 0 Å². The first kappa shape index (κ1) is 6.53. The van der Waals surface area contributed by atoms with E-state index in [-0.39, 0.29) is 0 Å². The molecule has 2 N–H and O–H groups in total. The van der Waals surface area contributed by atoms with Gasteiger partial charge in [0.2, 0.25) is 0 Å². The number of nitrogens with one attached hydrogen (secondary N) is 2. The van der Waals surface area contributed by atoms with Crippen molar-refractivity contribution in [2.24, 2.45) is 0 Å². The zero-order valence-corrected chi connectivity index (χ0v) is 6.38. The van der Waals surface area contributed by atoms with Gasteiger partial charge in [0.05, 0.1) is 0 Å². The van der Waals surface area contributed by atoms with Gasteiger partial charge in [-0.3, -0.25) is 0 Å². The quantitative estimate of drug-likeness (QED) is 0.652. The molecule has 0 fully saturated rings. The van der Waals surface area contributed by atoms with E-state index >= 15 is 0 Å². The lowest BCUT2D eigenvalue weighted by Gasteiger charge is -2.08. The fourth-order valence-corrected chi connectivity index (χ4v) is 1.41. The van der Waals surface area contributed by atoms with Gasteiger partial charge in [0.15, 0.2) is 0 Å². The summed E-state index contributed by atoms with van der Waals surface area (Å²) in [5.74, 6) is 0. The molecule has 2 heterocycles. The average molecular weight is 148 g/mol. The third-order valence-corrected chi connectivity index (χ3v) is 2.00. The van der Waals surface area contributed by atoms with E-state index in [2.05, 4.69) is 22.4 Å². The predicted octanol–water partition coefficient (Wildman–Crippen LogP) is 1.43. The molecule has 2 heteroatoms. The Hall–Kier alpha value is -1.18. The molecule has 0 saturated heterocycles. The Kier molecular flexibility index (Phi) is 1.68. The minimum Gasteiger partial charge on any atom is -0.388 e. The second kappa shape index (κ2) is 2.82. The number of aromatic nitrogens is 1. The van der Waals surface area contributed by atoms with Crippen molar-refractivity contribution < 1.29 is 0 Å². The van der Waals surface area contributed by atoms with Crippen LogP contribution < -0.4 is 5.32 Å². The second-order valence-corrected chi connectivity index (χ2v) is 2.90. The summed E-state index contributed by atoms with van der Waals surface area (Å²) >= 11 is 0. The molecule has 2 nitrogen and oxygen atoms in total. The lowest BCUT2D eigenvalue weighted by Crippen LogP contribution is -2.21. The molecule has 0 amide bonds. The molecule has 0 bridgehead atoms. The van der Waals surface area contributed by atoms with Crippen LogP contribution >= 0.6 is 0 Å². The Morgan fingerprint density at radius 2 is 2.55 bits per heavy atom. The lowest BCUT2D eigenvalue weighted by molar-refractivity contribution is 0.617. The minimum absolute atomic E-state index is 0.605. The molecule has 0 radical (unpaired) electrons. The molecule has 0 aromatic carbocycles. The maximum absolute atomic E-state index is 3.29. The molecule has 1 unspecified atom stereocenters. The van der Waals surface area contributed by atoms with E-state index in [0.29, 0.717) is 6.04 Å². The van der Waals surface area contributed by atoms with E-state index < -0.39 is 0 Å². The summed E-state index contributed by atoms with van der Waals surface area (Å²) < 4.78 is 0. The van der Waals surface area contributed by atoms with Crippen molar-refractivity contribution in [3.63, 3.8) is 0 Å². The number of H-pyrrole nitrogens is 1. The smallest absolute Gasteiger partial charge is 0.0345 e. The number of hydrogen-bond acceptors (Lipinski definition) is 1. The fourth-order valence-electron chi connectivity index (χ4n) is 1.41. The highest BCUT2D eigenvalue weighted by atomic mass is 14.9. The molecular weight excluding hydrogens is 136 g/mol. The van der Waals surface area contributed by atoms with E-state index in [1.54, 1.807) is 0 Å². The van der Waals surface area contributed by atoms with Gasteiger partial charge in [-0.2, -0.15) is 0 Å². The molecule has 11 heavy (non-hydrogen) atoms. The summed E-state index contributed by atoms with van der Waals surface area (Å²) in [7, 11) is 0. The third-order valence-electron chi connectivity index (χ3n) is 2.00. The Balaban J connectivity index is 1.91. The highest BCUT2D eigenvalue weighted by Gasteiger charge is 2.09. The first-order chi connectivity index (χ1) is 5.45. The molecular formula is C9H12N2. The summed E-state index contributed by atoms with van der Waals surface area (Å²) in [6.07, 6.45) is 8.43. The van der Waals surface area contributed by atoms with Crippen LogP contribution in [-0.2, 0) is 6.42 Å². The van der Waals surface area contributed by atoms with Gasteiger partial charge in [-0.05, 0) is 24.8 Å². The Morgan fingerprint density at radius 3 is 3.18 bits per heavy atom. The molecule has 2 rings (SSSR count).